The van der Waals surface area contributed by atoms with Crippen LogP contribution < -0.4 is 5.73 Å². The second-order valence-electron chi connectivity index (χ2n) is 4.81. The summed E-state index contributed by atoms with van der Waals surface area (Å²) in [6, 6.07) is 1.76. The molecule has 9 heteroatoms. The predicted molar refractivity (Wildman–Crippen MR) is 73.1 cm³/mol. The number of anilines is 1. The van der Waals surface area contributed by atoms with Gasteiger partial charge in [0, 0.05) is 31.7 Å². The Labute approximate surface area is 121 Å². The Morgan fingerprint density at radius 1 is 1.14 bits per heavy atom. The summed E-state index contributed by atoms with van der Waals surface area (Å²) in [5.74, 6) is -2.54. The zero-order chi connectivity index (χ0) is 15.8. The van der Waals surface area contributed by atoms with Crippen molar-refractivity contribution >= 4 is 21.6 Å². The average molecular weight is 319 g/mol. The molecule has 0 spiro atoms. The molecule has 1 aliphatic heterocycles. The van der Waals surface area contributed by atoms with Gasteiger partial charge in [-0.05, 0) is 12.1 Å². The van der Waals surface area contributed by atoms with Crippen LogP contribution in [0.25, 0.3) is 0 Å². The number of carbonyl (C=O) groups excluding carboxylic acids is 1. The second kappa shape index (κ2) is 5.57. The third-order valence-corrected chi connectivity index (χ3v) is 4.62. The number of nitrogens with zero attached hydrogens (tertiary/aromatic N) is 2. The SMILES string of the molecule is CS(=O)(=O)N1CCN(C(=O)c2cc(F)c(N)c(F)c2)CC1. The van der Waals surface area contributed by atoms with E-state index in [1.54, 1.807) is 0 Å². The first-order chi connectivity index (χ1) is 9.70. The number of sulfonamides is 1. The minimum absolute atomic E-state index is 0.146. The van der Waals surface area contributed by atoms with Gasteiger partial charge in [0.05, 0.1) is 6.26 Å². The van der Waals surface area contributed by atoms with Crippen LogP contribution >= 0.6 is 0 Å². The Bertz CT molecular complexity index is 647. The molecule has 1 aromatic rings. The Balaban J connectivity index is 2.13. The molecule has 1 heterocycles. The van der Waals surface area contributed by atoms with Gasteiger partial charge in [0.2, 0.25) is 10.0 Å². The van der Waals surface area contributed by atoms with Crippen molar-refractivity contribution in [3.63, 3.8) is 0 Å². The van der Waals surface area contributed by atoms with Gasteiger partial charge < -0.3 is 10.6 Å². The summed E-state index contributed by atoms with van der Waals surface area (Å²) in [6.07, 6.45) is 1.09. The van der Waals surface area contributed by atoms with Crippen LogP contribution in [0.4, 0.5) is 14.5 Å². The van der Waals surface area contributed by atoms with E-state index in [0.29, 0.717) is 0 Å². The van der Waals surface area contributed by atoms with Crippen molar-refractivity contribution in [3.8, 4) is 0 Å². The number of hydrogen-bond acceptors (Lipinski definition) is 4. The van der Waals surface area contributed by atoms with Gasteiger partial charge in [0.25, 0.3) is 5.91 Å². The molecular weight excluding hydrogens is 304 g/mol. The fraction of sp³-hybridized carbons (Fsp3) is 0.417. The summed E-state index contributed by atoms with van der Waals surface area (Å²) < 4.78 is 50.7. The third-order valence-electron chi connectivity index (χ3n) is 3.32. The van der Waals surface area contributed by atoms with Crippen LogP contribution in [0.1, 0.15) is 10.4 Å². The zero-order valence-electron chi connectivity index (χ0n) is 11.3. The smallest absolute Gasteiger partial charge is 0.254 e. The van der Waals surface area contributed by atoms with E-state index in [-0.39, 0.29) is 31.7 Å². The molecule has 0 aliphatic carbocycles. The van der Waals surface area contributed by atoms with Crippen molar-refractivity contribution < 1.29 is 22.0 Å². The number of nitrogens with two attached hydrogens (primary N) is 1. The monoisotopic (exact) mass is 319 g/mol. The molecule has 0 bridgehead atoms. The van der Waals surface area contributed by atoms with Crippen molar-refractivity contribution in [2.24, 2.45) is 0 Å². The van der Waals surface area contributed by atoms with E-state index >= 15 is 0 Å². The number of carbonyl (C=O) groups is 1. The van der Waals surface area contributed by atoms with Crippen molar-refractivity contribution in [2.75, 3.05) is 38.2 Å². The van der Waals surface area contributed by atoms with E-state index in [0.717, 1.165) is 18.4 Å². The van der Waals surface area contributed by atoms with Crippen molar-refractivity contribution in [2.45, 2.75) is 0 Å². The highest BCUT2D eigenvalue weighted by Gasteiger charge is 2.27. The molecule has 116 valence electrons. The fourth-order valence-electron chi connectivity index (χ4n) is 2.11. The molecule has 0 saturated carbocycles. The van der Waals surface area contributed by atoms with Crippen LogP contribution in [0, 0.1) is 11.6 Å². The summed E-state index contributed by atoms with van der Waals surface area (Å²) in [7, 11) is -3.30. The molecule has 1 fully saturated rings. The maximum atomic E-state index is 13.4. The summed E-state index contributed by atoms with van der Waals surface area (Å²) in [6.45, 7) is 0.647. The van der Waals surface area contributed by atoms with Gasteiger partial charge in [-0.15, -0.1) is 0 Å². The van der Waals surface area contributed by atoms with Crippen molar-refractivity contribution in [1.29, 1.82) is 0 Å². The Morgan fingerprint density at radius 3 is 2.05 bits per heavy atom. The van der Waals surface area contributed by atoms with Gasteiger partial charge in [-0.2, -0.15) is 4.31 Å². The molecule has 1 aliphatic rings. The molecule has 1 saturated heterocycles. The molecular formula is C12H15F2N3O3S. The number of halogens is 2. The van der Waals surface area contributed by atoms with Crippen LogP contribution in [0.3, 0.4) is 0 Å². The Kier molecular flexibility index (Phi) is 4.15. The normalized spacial score (nSPS) is 17.0. The zero-order valence-corrected chi connectivity index (χ0v) is 12.2. The number of benzene rings is 1. The third kappa shape index (κ3) is 3.30. The number of piperazine rings is 1. The van der Waals surface area contributed by atoms with E-state index in [9.17, 15) is 22.0 Å². The van der Waals surface area contributed by atoms with Gasteiger partial charge in [0.1, 0.15) is 17.3 Å². The number of amides is 1. The molecule has 2 N–H and O–H groups in total. The summed E-state index contributed by atoms with van der Waals surface area (Å²) in [5, 5.41) is 0. The molecule has 1 amide bonds. The molecule has 21 heavy (non-hydrogen) atoms. The summed E-state index contributed by atoms with van der Waals surface area (Å²) >= 11 is 0. The number of rotatable bonds is 2. The fourth-order valence-corrected chi connectivity index (χ4v) is 2.94. The highest BCUT2D eigenvalue weighted by molar-refractivity contribution is 7.88. The van der Waals surface area contributed by atoms with E-state index in [1.807, 2.05) is 0 Å². The summed E-state index contributed by atoms with van der Waals surface area (Å²) in [4.78, 5) is 13.5. The largest absolute Gasteiger partial charge is 0.394 e. The lowest BCUT2D eigenvalue weighted by atomic mass is 10.1. The minimum atomic E-state index is -3.30. The van der Waals surface area contributed by atoms with Gasteiger partial charge >= 0.3 is 0 Å². The lowest BCUT2D eigenvalue weighted by Gasteiger charge is -2.33. The van der Waals surface area contributed by atoms with Crippen LogP contribution in [0.15, 0.2) is 12.1 Å². The molecule has 0 radical (unpaired) electrons. The molecule has 0 unspecified atom stereocenters. The molecule has 1 aromatic carbocycles. The minimum Gasteiger partial charge on any atom is -0.394 e. The average Bonchev–Trinajstić information content (AvgIpc) is 2.42. The first kappa shape index (κ1) is 15.6. The second-order valence-corrected chi connectivity index (χ2v) is 6.79. The lowest BCUT2D eigenvalue weighted by molar-refractivity contribution is 0.0697. The van der Waals surface area contributed by atoms with Crippen LogP contribution in [0.5, 0.6) is 0 Å². The highest BCUT2D eigenvalue weighted by atomic mass is 32.2. The number of nitrogen functional groups attached to an aromatic ring is 1. The lowest BCUT2D eigenvalue weighted by Crippen LogP contribution is -2.50. The van der Waals surface area contributed by atoms with E-state index in [2.05, 4.69) is 0 Å². The maximum Gasteiger partial charge on any atom is 0.254 e. The summed E-state index contributed by atoms with van der Waals surface area (Å²) in [5.41, 5.74) is 4.37. The first-order valence-corrected chi connectivity index (χ1v) is 8.04. The van der Waals surface area contributed by atoms with Gasteiger partial charge in [-0.1, -0.05) is 0 Å². The molecule has 0 aromatic heterocycles. The topological polar surface area (TPSA) is 83.7 Å². The van der Waals surface area contributed by atoms with Crippen molar-refractivity contribution in [3.05, 3.63) is 29.3 Å². The van der Waals surface area contributed by atoms with Gasteiger partial charge in [-0.25, -0.2) is 17.2 Å². The van der Waals surface area contributed by atoms with Crippen molar-refractivity contribution in [1.82, 2.24) is 9.21 Å². The first-order valence-electron chi connectivity index (χ1n) is 6.19. The Morgan fingerprint density at radius 2 is 1.62 bits per heavy atom. The van der Waals surface area contributed by atoms with Gasteiger partial charge in [0.15, 0.2) is 0 Å². The maximum absolute atomic E-state index is 13.4. The standard InChI is InChI=1S/C12H15F2N3O3S/c1-21(19,20)17-4-2-16(3-5-17)12(18)8-6-9(13)11(15)10(14)7-8/h6-7H,2-5,15H2,1H3. The Hall–Kier alpha value is -1.74. The quantitative estimate of drug-likeness (QED) is 0.793. The molecule has 6 nitrogen and oxygen atoms in total. The predicted octanol–water partition coefficient (Wildman–Crippen LogP) is 0.264. The van der Waals surface area contributed by atoms with Crippen LogP contribution in [-0.2, 0) is 10.0 Å². The van der Waals surface area contributed by atoms with Gasteiger partial charge in [-0.3, -0.25) is 4.79 Å². The van der Waals surface area contributed by atoms with Crippen LogP contribution in [0.2, 0.25) is 0 Å². The van der Waals surface area contributed by atoms with E-state index < -0.39 is 33.3 Å². The van der Waals surface area contributed by atoms with Crippen LogP contribution in [-0.4, -0.2) is 56.0 Å². The number of hydrogen-bond donors (Lipinski definition) is 1. The van der Waals surface area contributed by atoms with E-state index in [4.69, 9.17) is 5.73 Å². The highest BCUT2D eigenvalue weighted by Crippen LogP contribution is 2.19. The molecule has 2 rings (SSSR count). The molecule has 0 atom stereocenters. The van der Waals surface area contributed by atoms with E-state index in [1.165, 1.54) is 9.21 Å².